The van der Waals surface area contributed by atoms with Crippen LogP contribution in [-0.2, 0) is 28.4 Å². The van der Waals surface area contributed by atoms with Gasteiger partial charge in [-0.15, -0.1) is 0 Å². The number of hydrogen-bond acceptors (Lipinski definition) is 3. The largest absolute Gasteiger partial charge is 0.416 e. The number of carbonyl (C=O) groups is 3. The van der Waals surface area contributed by atoms with Crippen molar-refractivity contribution < 1.29 is 40.7 Å². The van der Waals surface area contributed by atoms with E-state index in [1.807, 2.05) is 0 Å². The number of hydrogen-bond donors (Lipinski definition) is 0. The molecule has 0 aliphatic carbocycles. The molecule has 0 bridgehead atoms. The molecule has 3 rings (SSSR count). The number of nitrogens with zero attached hydrogens (tertiary/aromatic N) is 3. The molecule has 2 aromatic carbocycles. The van der Waals surface area contributed by atoms with Gasteiger partial charge in [-0.3, -0.25) is 14.5 Å². The summed E-state index contributed by atoms with van der Waals surface area (Å²) >= 11 is 12.1. The minimum Gasteiger partial charge on any atom is -0.332 e. The summed E-state index contributed by atoms with van der Waals surface area (Å²) in [6, 6.07) is 3.90. The summed E-state index contributed by atoms with van der Waals surface area (Å²) in [5, 5.41) is 0.489. The summed E-state index contributed by atoms with van der Waals surface area (Å²) in [5.41, 5.74) is -3.14. The van der Waals surface area contributed by atoms with Gasteiger partial charge in [0.25, 0.3) is 5.91 Å². The molecule has 1 saturated heterocycles. The molecule has 0 unspecified atom stereocenters. The average Bonchev–Trinajstić information content (AvgIpc) is 2.87. The summed E-state index contributed by atoms with van der Waals surface area (Å²) in [5.74, 6) is -1.95. The van der Waals surface area contributed by atoms with Crippen molar-refractivity contribution in [3.8, 4) is 0 Å². The van der Waals surface area contributed by atoms with E-state index in [0.29, 0.717) is 22.6 Å². The first-order valence-electron chi connectivity index (χ1n) is 12.0. The summed E-state index contributed by atoms with van der Waals surface area (Å²) in [6.07, 6.45) is -10.1. The summed E-state index contributed by atoms with van der Waals surface area (Å²) in [4.78, 5) is 41.8. The second-order valence-corrected chi connectivity index (χ2v) is 10.5. The van der Waals surface area contributed by atoms with E-state index in [-0.39, 0.29) is 42.2 Å². The Labute approximate surface area is 236 Å². The van der Waals surface area contributed by atoms with Crippen LogP contribution in [0.4, 0.5) is 36.8 Å². The smallest absolute Gasteiger partial charge is 0.332 e. The van der Waals surface area contributed by atoms with Gasteiger partial charge in [0.1, 0.15) is 0 Å². The summed E-state index contributed by atoms with van der Waals surface area (Å²) < 4.78 is 80.4. The maximum Gasteiger partial charge on any atom is 0.416 e. The maximum atomic E-state index is 13.5. The molecule has 0 saturated carbocycles. The zero-order valence-electron chi connectivity index (χ0n) is 21.5. The number of anilines is 1. The molecule has 1 fully saturated rings. The number of Topliss-reactive ketones (excluding diaryl/α,β-unsaturated/α-hetero) is 1. The highest BCUT2D eigenvalue weighted by Crippen LogP contribution is 2.38. The lowest BCUT2D eigenvalue weighted by molar-refractivity contribution is -0.147. The van der Waals surface area contributed by atoms with E-state index in [4.69, 9.17) is 23.2 Å². The Kier molecular flexibility index (Phi) is 9.35. The van der Waals surface area contributed by atoms with Gasteiger partial charge in [0, 0.05) is 38.3 Å². The van der Waals surface area contributed by atoms with Gasteiger partial charge in [-0.1, -0.05) is 43.1 Å². The second-order valence-electron chi connectivity index (χ2n) is 9.68. The Morgan fingerprint density at radius 2 is 1.50 bits per heavy atom. The third-order valence-corrected chi connectivity index (χ3v) is 7.19. The maximum absolute atomic E-state index is 13.5. The molecule has 0 aromatic heterocycles. The number of alkyl halides is 6. The second kappa shape index (κ2) is 11.9. The molecule has 0 spiro atoms. The zero-order chi connectivity index (χ0) is 30.2. The van der Waals surface area contributed by atoms with Gasteiger partial charge < -0.3 is 9.80 Å². The van der Waals surface area contributed by atoms with Crippen LogP contribution in [0.5, 0.6) is 0 Å². The van der Waals surface area contributed by atoms with Gasteiger partial charge in [-0.05, 0) is 42.3 Å². The quantitative estimate of drug-likeness (QED) is 0.284. The number of carbonyl (C=O) groups excluding carboxylic acids is 3. The Morgan fingerprint density at radius 3 is 2.00 bits per heavy atom. The molecule has 14 heteroatoms. The van der Waals surface area contributed by atoms with Crippen LogP contribution in [0.25, 0.3) is 0 Å². The van der Waals surface area contributed by atoms with Crippen molar-refractivity contribution in [3.63, 3.8) is 0 Å². The predicted octanol–water partition coefficient (Wildman–Crippen LogP) is 6.57. The minimum absolute atomic E-state index is 0.0228. The Morgan fingerprint density at radius 1 is 0.925 bits per heavy atom. The van der Waals surface area contributed by atoms with Crippen LogP contribution < -0.4 is 4.90 Å². The van der Waals surface area contributed by atoms with Crippen molar-refractivity contribution >= 4 is 46.6 Å². The molecule has 0 radical (unpaired) electrons. The van der Waals surface area contributed by atoms with E-state index in [1.54, 1.807) is 26.0 Å². The molecule has 40 heavy (non-hydrogen) atoms. The van der Waals surface area contributed by atoms with Crippen LogP contribution in [-0.4, -0.2) is 60.2 Å². The standard InChI is InChI=1S/C26H25Cl2F6N3O3/c1-14(2)22(38)23(39)36-6-7-37(19(13-36)8-15-4-5-20(27)21(28)9-15)24(40)35(3)18-11-16(25(29,30)31)10-17(12-18)26(32,33)34/h4-5,9-12,14,19H,6-8,13H2,1-3H3/t19-/m1/s1. The first-order valence-corrected chi connectivity index (χ1v) is 12.8. The molecule has 1 aliphatic rings. The normalized spacial score (nSPS) is 16.4. The van der Waals surface area contributed by atoms with Gasteiger partial charge in [-0.2, -0.15) is 26.3 Å². The highest BCUT2D eigenvalue weighted by Gasteiger charge is 2.40. The van der Waals surface area contributed by atoms with Crippen molar-refractivity contribution in [2.24, 2.45) is 5.92 Å². The molecule has 1 aliphatic heterocycles. The van der Waals surface area contributed by atoms with Crippen molar-refractivity contribution in [2.75, 3.05) is 31.6 Å². The van der Waals surface area contributed by atoms with E-state index in [0.717, 1.165) is 7.05 Å². The van der Waals surface area contributed by atoms with Gasteiger partial charge in [0.15, 0.2) is 0 Å². The van der Waals surface area contributed by atoms with E-state index in [9.17, 15) is 40.7 Å². The molecule has 6 nitrogen and oxygen atoms in total. The number of rotatable bonds is 5. The zero-order valence-corrected chi connectivity index (χ0v) is 23.0. The lowest BCUT2D eigenvalue weighted by Gasteiger charge is -2.43. The molecular formula is C26H25Cl2F6N3O3. The molecule has 1 heterocycles. The Bertz CT molecular complexity index is 1270. The number of ketones is 1. The first-order chi connectivity index (χ1) is 18.4. The lowest BCUT2D eigenvalue weighted by Crippen LogP contribution is -2.60. The number of amides is 3. The highest BCUT2D eigenvalue weighted by molar-refractivity contribution is 6.42. The van der Waals surface area contributed by atoms with Crippen LogP contribution in [0, 0.1) is 5.92 Å². The fourth-order valence-electron chi connectivity index (χ4n) is 4.24. The first kappa shape index (κ1) is 31.5. The van der Waals surface area contributed by atoms with Gasteiger partial charge >= 0.3 is 18.4 Å². The molecular weight excluding hydrogens is 587 g/mol. The molecule has 2 aromatic rings. The molecule has 218 valence electrons. The SMILES string of the molecule is CC(C)C(=O)C(=O)N1CCN(C(=O)N(C)c2cc(C(F)(F)F)cc(C(F)(F)F)c2)[C@H](Cc2ccc(Cl)c(Cl)c2)C1. The van der Waals surface area contributed by atoms with Crippen LogP contribution in [0.2, 0.25) is 10.0 Å². The fourth-order valence-corrected chi connectivity index (χ4v) is 4.56. The fraction of sp³-hybridized carbons (Fsp3) is 0.423. The van der Waals surface area contributed by atoms with E-state index < -0.39 is 58.8 Å². The van der Waals surface area contributed by atoms with Crippen LogP contribution in [0.15, 0.2) is 36.4 Å². The Hall–Kier alpha value is -2.99. The van der Waals surface area contributed by atoms with Crippen LogP contribution >= 0.6 is 23.2 Å². The average molecular weight is 612 g/mol. The lowest BCUT2D eigenvalue weighted by atomic mass is 10.0. The molecule has 1 atom stereocenters. The van der Waals surface area contributed by atoms with Crippen molar-refractivity contribution in [3.05, 3.63) is 63.1 Å². The van der Waals surface area contributed by atoms with Crippen molar-refractivity contribution in [1.29, 1.82) is 0 Å². The van der Waals surface area contributed by atoms with Crippen molar-refractivity contribution in [1.82, 2.24) is 9.80 Å². The summed E-state index contributed by atoms with van der Waals surface area (Å²) in [7, 11) is 1.06. The third kappa shape index (κ3) is 7.20. The number of benzene rings is 2. The third-order valence-electron chi connectivity index (χ3n) is 6.45. The van der Waals surface area contributed by atoms with Gasteiger partial charge in [0.05, 0.1) is 27.2 Å². The Balaban J connectivity index is 1.97. The van der Waals surface area contributed by atoms with E-state index in [1.165, 1.54) is 15.9 Å². The van der Waals surface area contributed by atoms with E-state index >= 15 is 0 Å². The van der Waals surface area contributed by atoms with E-state index in [2.05, 4.69) is 0 Å². The van der Waals surface area contributed by atoms with Gasteiger partial charge in [0.2, 0.25) is 5.78 Å². The topological polar surface area (TPSA) is 60.9 Å². The van der Waals surface area contributed by atoms with Crippen molar-refractivity contribution in [2.45, 2.75) is 38.7 Å². The predicted molar refractivity (Wildman–Crippen MR) is 137 cm³/mol. The van der Waals surface area contributed by atoms with Crippen LogP contribution in [0.3, 0.4) is 0 Å². The molecule has 3 amide bonds. The highest BCUT2D eigenvalue weighted by atomic mass is 35.5. The minimum atomic E-state index is -5.09. The number of halogens is 8. The summed E-state index contributed by atoms with van der Waals surface area (Å²) in [6.45, 7) is 2.83. The number of urea groups is 1. The van der Waals surface area contributed by atoms with Crippen LogP contribution in [0.1, 0.15) is 30.5 Å². The monoisotopic (exact) mass is 611 g/mol. The molecule has 0 N–H and O–H groups in total. The number of piperazine rings is 1. The van der Waals surface area contributed by atoms with Gasteiger partial charge in [-0.25, -0.2) is 4.79 Å².